The van der Waals surface area contributed by atoms with Crippen molar-refractivity contribution in [2.75, 3.05) is 25.1 Å². The lowest BCUT2D eigenvalue weighted by atomic mass is 10.1. The van der Waals surface area contributed by atoms with E-state index >= 15 is 0 Å². The third-order valence-electron chi connectivity index (χ3n) is 3.57. The molecule has 27 heavy (non-hydrogen) atoms. The fourth-order valence-electron chi connectivity index (χ4n) is 2.26. The molecular weight excluding hydrogens is 363 g/mol. The van der Waals surface area contributed by atoms with Crippen LogP contribution in [0.1, 0.15) is 28.5 Å². The number of nitrogens with one attached hydrogen (secondary N) is 2. The summed E-state index contributed by atoms with van der Waals surface area (Å²) in [4.78, 5) is 15.9. The smallest absolute Gasteiger partial charge is 0.298 e. The molecule has 146 valence electrons. The Bertz CT molecular complexity index is 836. The SMILES string of the molecule is CCN=C(N)COCC(F)(F)c1cc(NC(=O)c2[nH]ncc2C)ccc1F. The number of carbonyl (C=O) groups excluding carboxylic acids is 1. The van der Waals surface area contributed by atoms with Gasteiger partial charge in [0.15, 0.2) is 0 Å². The fraction of sp³-hybridized carbons (Fsp3) is 0.353. The number of hydrogen-bond donors (Lipinski definition) is 3. The maximum atomic E-state index is 14.3. The van der Waals surface area contributed by atoms with E-state index in [0.29, 0.717) is 12.1 Å². The molecule has 0 bridgehead atoms. The first-order chi connectivity index (χ1) is 12.7. The van der Waals surface area contributed by atoms with Crippen molar-refractivity contribution in [2.24, 2.45) is 10.7 Å². The minimum absolute atomic E-state index is 0.0112. The number of anilines is 1. The summed E-state index contributed by atoms with van der Waals surface area (Å²) in [7, 11) is 0. The monoisotopic (exact) mass is 383 g/mol. The summed E-state index contributed by atoms with van der Waals surface area (Å²) in [5.74, 6) is -5.24. The van der Waals surface area contributed by atoms with Gasteiger partial charge in [0.1, 0.15) is 30.6 Å². The highest BCUT2D eigenvalue weighted by Gasteiger charge is 2.35. The van der Waals surface area contributed by atoms with E-state index in [1.807, 2.05) is 0 Å². The Morgan fingerprint density at radius 2 is 2.19 bits per heavy atom. The summed E-state index contributed by atoms with van der Waals surface area (Å²) in [5, 5.41) is 8.64. The number of rotatable bonds is 8. The number of amidine groups is 1. The van der Waals surface area contributed by atoms with Crippen LogP contribution in [0.25, 0.3) is 0 Å². The topological polar surface area (TPSA) is 105 Å². The number of alkyl halides is 2. The molecule has 0 unspecified atom stereocenters. The Kier molecular flexibility index (Phi) is 6.56. The molecule has 4 N–H and O–H groups in total. The maximum absolute atomic E-state index is 14.3. The van der Waals surface area contributed by atoms with Gasteiger partial charge in [-0.25, -0.2) is 4.39 Å². The number of carbonyl (C=O) groups is 1. The number of ether oxygens (including phenoxy) is 1. The molecule has 7 nitrogen and oxygen atoms in total. The molecule has 1 heterocycles. The van der Waals surface area contributed by atoms with E-state index in [4.69, 9.17) is 10.5 Å². The average molecular weight is 383 g/mol. The molecule has 0 atom stereocenters. The Hall–Kier alpha value is -2.88. The molecule has 2 aromatic rings. The normalized spacial score (nSPS) is 12.3. The van der Waals surface area contributed by atoms with Gasteiger partial charge in [-0.3, -0.25) is 14.9 Å². The van der Waals surface area contributed by atoms with Crippen LogP contribution in [0.2, 0.25) is 0 Å². The summed E-state index contributed by atoms with van der Waals surface area (Å²) in [6.07, 6.45) is 1.45. The molecule has 0 radical (unpaired) electrons. The van der Waals surface area contributed by atoms with Gasteiger partial charge in [0.05, 0.1) is 11.8 Å². The average Bonchev–Trinajstić information content (AvgIpc) is 3.02. The minimum Gasteiger partial charge on any atom is -0.386 e. The van der Waals surface area contributed by atoms with Gasteiger partial charge in [0.2, 0.25) is 0 Å². The summed E-state index contributed by atoms with van der Waals surface area (Å²) in [5.41, 5.74) is 5.35. The molecule has 0 aliphatic rings. The van der Waals surface area contributed by atoms with E-state index in [9.17, 15) is 18.0 Å². The molecule has 2 rings (SSSR count). The largest absolute Gasteiger partial charge is 0.386 e. The molecule has 1 aromatic heterocycles. The van der Waals surface area contributed by atoms with Crippen LogP contribution in [0, 0.1) is 12.7 Å². The highest BCUT2D eigenvalue weighted by molar-refractivity contribution is 6.03. The van der Waals surface area contributed by atoms with Crippen LogP contribution in [0.5, 0.6) is 0 Å². The van der Waals surface area contributed by atoms with Gasteiger partial charge in [0, 0.05) is 12.2 Å². The molecule has 0 fully saturated rings. The van der Waals surface area contributed by atoms with Crippen LogP contribution < -0.4 is 11.1 Å². The van der Waals surface area contributed by atoms with Gasteiger partial charge in [-0.15, -0.1) is 0 Å². The number of H-pyrrole nitrogens is 1. The lowest BCUT2D eigenvalue weighted by molar-refractivity contribution is -0.0775. The molecule has 0 saturated heterocycles. The molecule has 0 saturated carbocycles. The van der Waals surface area contributed by atoms with Crippen molar-refractivity contribution >= 4 is 17.4 Å². The number of aryl methyl sites for hydroxylation is 1. The summed E-state index contributed by atoms with van der Waals surface area (Å²) in [6, 6.07) is 2.91. The van der Waals surface area contributed by atoms with E-state index < -0.39 is 29.8 Å². The molecule has 0 aliphatic carbocycles. The third-order valence-corrected chi connectivity index (χ3v) is 3.57. The zero-order valence-corrected chi connectivity index (χ0v) is 14.9. The maximum Gasteiger partial charge on any atom is 0.298 e. The number of nitrogens with two attached hydrogens (primary N) is 1. The first-order valence-corrected chi connectivity index (χ1v) is 8.10. The Morgan fingerprint density at radius 3 is 2.81 bits per heavy atom. The van der Waals surface area contributed by atoms with Gasteiger partial charge < -0.3 is 15.8 Å². The van der Waals surface area contributed by atoms with Crippen LogP contribution in [0.15, 0.2) is 29.4 Å². The summed E-state index contributed by atoms with van der Waals surface area (Å²) >= 11 is 0. The van der Waals surface area contributed by atoms with Gasteiger partial charge in [-0.1, -0.05) is 0 Å². The van der Waals surface area contributed by atoms with Gasteiger partial charge in [-0.05, 0) is 37.6 Å². The number of aromatic amines is 1. The number of benzene rings is 1. The predicted octanol–water partition coefficient (Wildman–Crippen LogP) is 2.60. The first kappa shape index (κ1) is 20.4. The van der Waals surface area contributed by atoms with E-state index in [-0.39, 0.29) is 23.8 Å². The summed E-state index contributed by atoms with van der Waals surface area (Å²) in [6.45, 7) is 2.42. The van der Waals surface area contributed by atoms with Crippen molar-refractivity contribution in [3.05, 3.63) is 47.0 Å². The Morgan fingerprint density at radius 1 is 1.44 bits per heavy atom. The highest BCUT2D eigenvalue weighted by Crippen LogP contribution is 2.32. The quantitative estimate of drug-likeness (QED) is 0.481. The standard InChI is InChI=1S/C17H20F3N5O2/c1-3-22-14(21)8-27-9-17(19,20)12-6-11(4-5-13(12)18)24-16(26)15-10(2)7-23-25-15/h4-7H,3,8-9H2,1-2H3,(H2,21,22)(H,23,25)(H,24,26). The van der Waals surface area contributed by atoms with Crippen LogP contribution in [-0.4, -0.2) is 41.7 Å². The molecule has 0 spiro atoms. The molecule has 0 aliphatic heterocycles. The molecule has 10 heteroatoms. The van der Waals surface area contributed by atoms with E-state index in [1.165, 1.54) is 12.3 Å². The van der Waals surface area contributed by atoms with Crippen LogP contribution in [0.3, 0.4) is 0 Å². The molecular formula is C17H20F3N5O2. The lowest BCUT2D eigenvalue weighted by Crippen LogP contribution is -2.27. The second kappa shape index (κ2) is 8.67. The fourth-order valence-corrected chi connectivity index (χ4v) is 2.26. The second-order valence-corrected chi connectivity index (χ2v) is 5.74. The zero-order valence-electron chi connectivity index (χ0n) is 14.9. The number of amides is 1. The third kappa shape index (κ3) is 5.30. The second-order valence-electron chi connectivity index (χ2n) is 5.74. The van der Waals surface area contributed by atoms with Gasteiger partial charge in [-0.2, -0.15) is 13.9 Å². The minimum atomic E-state index is -3.62. The van der Waals surface area contributed by atoms with Crippen LogP contribution in [0.4, 0.5) is 18.9 Å². The number of aromatic nitrogens is 2. The van der Waals surface area contributed by atoms with Crippen molar-refractivity contribution in [2.45, 2.75) is 19.8 Å². The van der Waals surface area contributed by atoms with Crippen LogP contribution in [-0.2, 0) is 10.7 Å². The Labute approximate surface area is 153 Å². The predicted molar refractivity (Wildman–Crippen MR) is 94.6 cm³/mol. The van der Waals surface area contributed by atoms with Crippen molar-refractivity contribution in [1.82, 2.24) is 10.2 Å². The number of hydrogen-bond acceptors (Lipinski definition) is 4. The van der Waals surface area contributed by atoms with Crippen molar-refractivity contribution in [3.8, 4) is 0 Å². The van der Waals surface area contributed by atoms with E-state index in [0.717, 1.165) is 12.1 Å². The molecule has 1 amide bonds. The molecule has 1 aromatic carbocycles. The van der Waals surface area contributed by atoms with E-state index in [1.54, 1.807) is 13.8 Å². The van der Waals surface area contributed by atoms with Crippen molar-refractivity contribution in [1.29, 1.82) is 0 Å². The van der Waals surface area contributed by atoms with Gasteiger partial charge in [0.25, 0.3) is 11.8 Å². The first-order valence-electron chi connectivity index (χ1n) is 8.10. The number of aliphatic imine (C=N–C) groups is 1. The van der Waals surface area contributed by atoms with Crippen molar-refractivity contribution in [3.63, 3.8) is 0 Å². The number of halogens is 3. The highest BCUT2D eigenvalue weighted by atomic mass is 19.3. The summed E-state index contributed by atoms with van der Waals surface area (Å²) < 4.78 is 47.4. The van der Waals surface area contributed by atoms with Crippen LogP contribution >= 0.6 is 0 Å². The van der Waals surface area contributed by atoms with Gasteiger partial charge >= 0.3 is 0 Å². The number of nitrogens with zero attached hydrogens (tertiary/aromatic N) is 2. The van der Waals surface area contributed by atoms with Crippen molar-refractivity contribution < 1.29 is 22.7 Å². The zero-order chi connectivity index (χ0) is 20.0. The Balaban J connectivity index is 2.12. The lowest BCUT2D eigenvalue weighted by Gasteiger charge is -2.18. The van der Waals surface area contributed by atoms with E-state index in [2.05, 4.69) is 20.5 Å².